The lowest BCUT2D eigenvalue weighted by Gasteiger charge is -2.21. The Morgan fingerprint density at radius 2 is 1.84 bits per heavy atom. The first-order valence-corrected chi connectivity index (χ1v) is 12.4. The third kappa shape index (κ3) is 5.03. The van der Waals surface area contributed by atoms with E-state index < -0.39 is 15.9 Å². The molecule has 1 heterocycles. The number of methoxy groups -OCH3 is 2. The van der Waals surface area contributed by atoms with Gasteiger partial charge in [0, 0.05) is 36.1 Å². The van der Waals surface area contributed by atoms with E-state index in [9.17, 15) is 13.2 Å². The molecule has 0 aliphatic carbocycles. The number of nitrogens with one attached hydrogen (secondary N) is 1. The van der Waals surface area contributed by atoms with E-state index in [-0.39, 0.29) is 29.8 Å². The molecule has 1 aliphatic heterocycles. The Hall–Kier alpha value is -2.29. The molecule has 1 saturated heterocycles. The summed E-state index contributed by atoms with van der Waals surface area (Å²) in [6, 6.07) is 11.5. The number of hydrogen-bond donors (Lipinski definition) is 1. The molecule has 174 valence electrons. The maximum Gasteiger partial charge on any atom is 0.243 e. The molecule has 1 N–H and O–H groups in total. The third-order valence-electron chi connectivity index (χ3n) is 5.74. The van der Waals surface area contributed by atoms with Gasteiger partial charge in [0.1, 0.15) is 0 Å². The lowest BCUT2D eigenvalue weighted by atomic mass is 9.87. The van der Waals surface area contributed by atoms with E-state index >= 15 is 0 Å². The fraction of sp³-hybridized carbons (Fsp3) is 0.435. The maximum atomic E-state index is 13.3. The minimum absolute atomic E-state index is 0.0773. The summed E-state index contributed by atoms with van der Waals surface area (Å²) in [5.41, 5.74) is 0.747. The summed E-state index contributed by atoms with van der Waals surface area (Å²) in [6.07, 6.45) is 1.81. The SMILES string of the molecule is CCCCNC(=O)C1CN(S(=O)(=O)c2ccc(Cl)cc2)CC1c1cccc(OC)c1OC. The number of para-hydroxylation sites is 1. The Kier molecular flexibility index (Phi) is 8.03. The van der Waals surface area contributed by atoms with E-state index in [2.05, 4.69) is 5.32 Å². The Morgan fingerprint density at radius 1 is 1.12 bits per heavy atom. The molecular weight excluding hydrogens is 452 g/mol. The van der Waals surface area contributed by atoms with Gasteiger partial charge in [-0.25, -0.2) is 8.42 Å². The summed E-state index contributed by atoms with van der Waals surface area (Å²) in [5.74, 6) is -0.0629. The van der Waals surface area contributed by atoms with Crippen LogP contribution in [0.4, 0.5) is 0 Å². The van der Waals surface area contributed by atoms with Crippen LogP contribution in [0.2, 0.25) is 5.02 Å². The number of ether oxygens (including phenoxy) is 2. The van der Waals surface area contributed by atoms with E-state index in [1.165, 1.54) is 23.5 Å². The Morgan fingerprint density at radius 3 is 2.47 bits per heavy atom. The van der Waals surface area contributed by atoms with Gasteiger partial charge in [0.05, 0.1) is 25.0 Å². The molecule has 1 fully saturated rings. The monoisotopic (exact) mass is 480 g/mol. The first kappa shape index (κ1) is 24.4. The summed E-state index contributed by atoms with van der Waals surface area (Å²) >= 11 is 5.92. The topological polar surface area (TPSA) is 84.9 Å². The van der Waals surface area contributed by atoms with Crippen LogP contribution in [-0.4, -0.2) is 52.5 Å². The molecule has 7 nitrogen and oxygen atoms in total. The summed E-state index contributed by atoms with van der Waals surface area (Å²) in [5, 5.41) is 3.42. The molecule has 9 heteroatoms. The van der Waals surface area contributed by atoms with Gasteiger partial charge in [-0.15, -0.1) is 0 Å². The van der Waals surface area contributed by atoms with Crippen LogP contribution >= 0.6 is 11.6 Å². The summed E-state index contributed by atoms with van der Waals surface area (Å²) in [6.45, 7) is 2.83. The number of benzene rings is 2. The van der Waals surface area contributed by atoms with Crippen LogP contribution < -0.4 is 14.8 Å². The van der Waals surface area contributed by atoms with Crippen LogP contribution in [0, 0.1) is 5.92 Å². The van der Waals surface area contributed by atoms with Gasteiger partial charge in [-0.05, 0) is 36.8 Å². The number of unbranched alkanes of at least 4 members (excludes halogenated alkanes) is 1. The van der Waals surface area contributed by atoms with Crippen molar-refractivity contribution in [1.29, 1.82) is 0 Å². The number of carbonyl (C=O) groups excluding carboxylic acids is 1. The number of carbonyl (C=O) groups is 1. The van der Waals surface area contributed by atoms with Gasteiger partial charge in [-0.1, -0.05) is 37.1 Å². The molecular formula is C23H29ClN2O5S. The minimum Gasteiger partial charge on any atom is -0.493 e. The smallest absolute Gasteiger partial charge is 0.243 e. The van der Waals surface area contributed by atoms with Crippen molar-refractivity contribution in [2.24, 2.45) is 5.92 Å². The molecule has 2 aromatic rings. The predicted octanol–water partition coefficient (Wildman–Crippen LogP) is 3.68. The highest BCUT2D eigenvalue weighted by molar-refractivity contribution is 7.89. The van der Waals surface area contributed by atoms with Crippen LogP contribution in [-0.2, 0) is 14.8 Å². The lowest BCUT2D eigenvalue weighted by molar-refractivity contribution is -0.124. The van der Waals surface area contributed by atoms with Gasteiger partial charge in [0.25, 0.3) is 0 Å². The first-order valence-electron chi connectivity index (χ1n) is 10.6. The summed E-state index contributed by atoms with van der Waals surface area (Å²) < 4.78 is 39.0. The average Bonchev–Trinajstić information content (AvgIpc) is 3.25. The Bertz CT molecular complexity index is 1040. The second-order valence-corrected chi connectivity index (χ2v) is 10.1. The molecule has 0 radical (unpaired) electrons. The minimum atomic E-state index is -3.80. The summed E-state index contributed by atoms with van der Waals surface area (Å²) in [4.78, 5) is 13.2. The molecule has 2 aromatic carbocycles. The third-order valence-corrected chi connectivity index (χ3v) is 7.83. The maximum absolute atomic E-state index is 13.3. The highest BCUT2D eigenvalue weighted by atomic mass is 35.5. The van der Waals surface area contributed by atoms with Gasteiger partial charge in [0.15, 0.2) is 11.5 Å². The van der Waals surface area contributed by atoms with E-state index in [1.54, 1.807) is 25.3 Å². The molecule has 2 atom stereocenters. The molecule has 1 aliphatic rings. The van der Waals surface area contributed by atoms with Crippen molar-refractivity contribution in [1.82, 2.24) is 9.62 Å². The van der Waals surface area contributed by atoms with Gasteiger partial charge < -0.3 is 14.8 Å². The fourth-order valence-corrected chi connectivity index (χ4v) is 5.64. The van der Waals surface area contributed by atoms with Crippen molar-refractivity contribution >= 4 is 27.5 Å². The highest BCUT2D eigenvalue weighted by Gasteiger charge is 2.44. The molecule has 0 saturated carbocycles. The summed E-state index contributed by atoms with van der Waals surface area (Å²) in [7, 11) is -0.720. The molecule has 32 heavy (non-hydrogen) atoms. The van der Waals surface area contributed by atoms with Gasteiger partial charge in [-0.2, -0.15) is 4.31 Å². The first-order chi connectivity index (χ1) is 15.3. The quantitative estimate of drug-likeness (QED) is 0.553. The Labute approximate surface area is 194 Å². The number of amides is 1. The number of halogens is 1. The van der Waals surface area contributed by atoms with Crippen molar-refractivity contribution in [3.63, 3.8) is 0 Å². The molecule has 0 bridgehead atoms. The number of hydrogen-bond acceptors (Lipinski definition) is 5. The molecule has 3 rings (SSSR count). The lowest BCUT2D eigenvalue weighted by Crippen LogP contribution is -2.36. The number of sulfonamides is 1. The van der Waals surface area contributed by atoms with Gasteiger partial charge in [0.2, 0.25) is 15.9 Å². The van der Waals surface area contributed by atoms with Crippen LogP contribution in [0.5, 0.6) is 11.5 Å². The van der Waals surface area contributed by atoms with Crippen LogP contribution in [0.15, 0.2) is 47.4 Å². The van der Waals surface area contributed by atoms with Crippen molar-refractivity contribution in [3.8, 4) is 11.5 Å². The van der Waals surface area contributed by atoms with Crippen molar-refractivity contribution < 1.29 is 22.7 Å². The van der Waals surface area contributed by atoms with Crippen LogP contribution in [0.25, 0.3) is 0 Å². The van der Waals surface area contributed by atoms with Crippen molar-refractivity contribution in [2.75, 3.05) is 33.9 Å². The van der Waals surface area contributed by atoms with Crippen LogP contribution in [0.3, 0.4) is 0 Å². The van der Waals surface area contributed by atoms with E-state index in [0.717, 1.165) is 18.4 Å². The second-order valence-electron chi connectivity index (χ2n) is 7.72. The fourth-order valence-electron chi connectivity index (χ4n) is 4.02. The second kappa shape index (κ2) is 10.6. The molecule has 0 aromatic heterocycles. The zero-order chi connectivity index (χ0) is 23.3. The highest BCUT2D eigenvalue weighted by Crippen LogP contribution is 2.43. The van der Waals surface area contributed by atoms with Crippen molar-refractivity contribution in [2.45, 2.75) is 30.6 Å². The molecule has 2 unspecified atom stereocenters. The van der Waals surface area contributed by atoms with Gasteiger partial charge in [-0.3, -0.25) is 4.79 Å². The van der Waals surface area contributed by atoms with E-state index in [0.29, 0.717) is 23.1 Å². The number of nitrogens with zero attached hydrogens (tertiary/aromatic N) is 1. The zero-order valence-corrected chi connectivity index (χ0v) is 20.1. The van der Waals surface area contributed by atoms with E-state index in [1.807, 2.05) is 19.1 Å². The van der Waals surface area contributed by atoms with E-state index in [4.69, 9.17) is 21.1 Å². The average molecular weight is 481 g/mol. The normalized spacial score (nSPS) is 19.0. The standard InChI is InChI=1S/C23H29ClN2O5S/c1-4-5-13-25-23(27)20-15-26(32(28,29)17-11-9-16(24)10-12-17)14-19(20)18-7-6-8-21(30-2)22(18)31-3/h6-12,19-20H,4-5,13-15H2,1-3H3,(H,25,27). The largest absolute Gasteiger partial charge is 0.493 e. The predicted molar refractivity (Wildman–Crippen MR) is 124 cm³/mol. The van der Waals surface area contributed by atoms with Gasteiger partial charge >= 0.3 is 0 Å². The van der Waals surface area contributed by atoms with Crippen molar-refractivity contribution in [3.05, 3.63) is 53.1 Å². The molecule has 1 amide bonds. The van der Waals surface area contributed by atoms with Crippen LogP contribution in [0.1, 0.15) is 31.2 Å². The zero-order valence-electron chi connectivity index (χ0n) is 18.5. The Balaban J connectivity index is 1.98. The number of rotatable bonds is 9. The molecule has 0 spiro atoms.